The number of thioether (sulfide) groups is 1. The molecule has 7 heteroatoms. The van der Waals surface area contributed by atoms with E-state index in [4.69, 9.17) is 4.74 Å². The molecule has 1 unspecified atom stereocenters. The third-order valence-corrected chi connectivity index (χ3v) is 6.94. The van der Waals surface area contributed by atoms with Gasteiger partial charge >= 0.3 is 0 Å². The van der Waals surface area contributed by atoms with E-state index < -0.39 is 0 Å². The Hall–Kier alpha value is -0.510. The van der Waals surface area contributed by atoms with E-state index in [9.17, 15) is 0 Å². The minimum absolute atomic E-state index is 0. The van der Waals surface area contributed by atoms with Crippen LogP contribution in [0, 0.1) is 0 Å². The summed E-state index contributed by atoms with van der Waals surface area (Å²) in [6, 6.07) is 11.1. The highest BCUT2D eigenvalue weighted by atomic mass is 127. The zero-order valence-corrected chi connectivity index (χ0v) is 20.9. The molecule has 0 amide bonds. The summed E-state index contributed by atoms with van der Waals surface area (Å²) < 4.78 is 5.79. The van der Waals surface area contributed by atoms with Crippen molar-refractivity contribution in [2.45, 2.75) is 43.5 Å². The summed E-state index contributed by atoms with van der Waals surface area (Å²) >= 11 is 1.95. The molecule has 1 saturated heterocycles. The molecule has 0 aromatic heterocycles. The number of aliphatic imine (C=N–C) groups is 1. The minimum atomic E-state index is 0. The zero-order chi connectivity index (χ0) is 19.5. The van der Waals surface area contributed by atoms with Gasteiger partial charge in [0, 0.05) is 50.7 Å². The number of hydrogen-bond acceptors (Lipinski definition) is 4. The van der Waals surface area contributed by atoms with Gasteiger partial charge in [-0.3, -0.25) is 9.89 Å². The summed E-state index contributed by atoms with van der Waals surface area (Å²) in [6.07, 6.45) is 5.47. The Morgan fingerprint density at radius 1 is 1.25 bits per heavy atom. The average molecular weight is 521 g/mol. The van der Waals surface area contributed by atoms with E-state index in [-0.39, 0.29) is 28.7 Å². The number of nitrogens with one attached hydrogen (secondary N) is 2. The standard InChI is InChI=1S/C21H36N4OS.HI/c1-18(25(3)16-19-8-6-5-7-9-19)10-13-23-20(22-2)24-17-21(27-4)11-14-26-15-12-21;/h5-9,18H,10-17H2,1-4H3,(H2,22,23,24);1H. The van der Waals surface area contributed by atoms with Gasteiger partial charge in [-0.15, -0.1) is 24.0 Å². The van der Waals surface area contributed by atoms with Crippen molar-refractivity contribution in [3.63, 3.8) is 0 Å². The predicted octanol–water partition coefficient (Wildman–Crippen LogP) is 3.59. The molecule has 160 valence electrons. The second kappa shape index (κ2) is 13.7. The van der Waals surface area contributed by atoms with Crippen LogP contribution in [0.4, 0.5) is 0 Å². The fourth-order valence-corrected chi connectivity index (χ4v) is 4.10. The first-order valence-electron chi connectivity index (χ1n) is 9.90. The summed E-state index contributed by atoms with van der Waals surface area (Å²) in [4.78, 5) is 6.79. The van der Waals surface area contributed by atoms with Crippen molar-refractivity contribution in [3.8, 4) is 0 Å². The van der Waals surface area contributed by atoms with E-state index >= 15 is 0 Å². The van der Waals surface area contributed by atoms with Crippen LogP contribution in [0.3, 0.4) is 0 Å². The van der Waals surface area contributed by atoms with Gasteiger partial charge in [-0.1, -0.05) is 30.3 Å². The molecule has 0 spiro atoms. The SMILES string of the molecule is CN=C(NCCC(C)N(C)Cc1ccccc1)NCC1(SC)CCOCC1.I. The number of rotatable bonds is 9. The van der Waals surface area contributed by atoms with Gasteiger partial charge in [-0.2, -0.15) is 11.8 Å². The molecule has 1 atom stereocenters. The lowest BCUT2D eigenvalue weighted by Crippen LogP contribution is -2.48. The Morgan fingerprint density at radius 3 is 2.54 bits per heavy atom. The van der Waals surface area contributed by atoms with Gasteiger partial charge in [0.05, 0.1) is 0 Å². The normalized spacial score (nSPS) is 17.7. The van der Waals surface area contributed by atoms with Crippen molar-refractivity contribution in [1.29, 1.82) is 0 Å². The fourth-order valence-electron chi connectivity index (χ4n) is 3.31. The van der Waals surface area contributed by atoms with Crippen LogP contribution in [-0.4, -0.2) is 68.3 Å². The van der Waals surface area contributed by atoms with E-state index in [2.05, 4.69) is 71.1 Å². The van der Waals surface area contributed by atoms with Crippen molar-refractivity contribution in [1.82, 2.24) is 15.5 Å². The number of benzene rings is 1. The van der Waals surface area contributed by atoms with E-state index in [0.717, 1.165) is 58.1 Å². The molecule has 1 heterocycles. The molecule has 28 heavy (non-hydrogen) atoms. The highest BCUT2D eigenvalue weighted by Crippen LogP contribution is 2.32. The number of hydrogen-bond donors (Lipinski definition) is 2. The Morgan fingerprint density at radius 2 is 1.93 bits per heavy atom. The number of ether oxygens (including phenoxy) is 1. The first kappa shape index (κ1) is 25.5. The van der Waals surface area contributed by atoms with Crippen molar-refractivity contribution in [3.05, 3.63) is 35.9 Å². The largest absolute Gasteiger partial charge is 0.381 e. The summed E-state index contributed by atoms with van der Waals surface area (Å²) in [5, 5.41) is 6.99. The Kier molecular flexibility index (Phi) is 12.5. The van der Waals surface area contributed by atoms with Crippen LogP contribution in [0.25, 0.3) is 0 Å². The van der Waals surface area contributed by atoms with Crippen molar-refractivity contribution < 1.29 is 4.74 Å². The topological polar surface area (TPSA) is 48.9 Å². The van der Waals surface area contributed by atoms with Crippen LogP contribution < -0.4 is 10.6 Å². The molecular weight excluding hydrogens is 483 g/mol. The monoisotopic (exact) mass is 520 g/mol. The van der Waals surface area contributed by atoms with E-state index in [1.165, 1.54) is 5.56 Å². The fraction of sp³-hybridized carbons (Fsp3) is 0.667. The molecule has 1 aromatic carbocycles. The Balaban J connectivity index is 0.00000392. The molecule has 1 aromatic rings. The van der Waals surface area contributed by atoms with Crippen LogP contribution >= 0.6 is 35.7 Å². The quantitative estimate of drug-likeness (QED) is 0.296. The average Bonchev–Trinajstić information content (AvgIpc) is 2.71. The summed E-state index contributed by atoms with van der Waals surface area (Å²) in [5.74, 6) is 0.896. The first-order chi connectivity index (χ1) is 13.1. The molecule has 2 rings (SSSR count). The Labute approximate surface area is 192 Å². The van der Waals surface area contributed by atoms with Gasteiger partial charge in [0.25, 0.3) is 0 Å². The van der Waals surface area contributed by atoms with E-state index in [1.54, 1.807) is 0 Å². The van der Waals surface area contributed by atoms with Gasteiger partial charge < -0.3 is 15.4 Å². The van der Waals surface area contributed by atoms with Gasteiger partial charge in [0.1, 0.15) is 0 Å². The molecule has 1 aliphatic heterocycles. The predicted molar refractivity (Wildman–Crippen MR) is 133 cm³/mol. The summed E-state index contributed by atoms with van der Waals surface area (Å²) in [5.41, 5.74) is 1.36. The minimum Gasteiger partial charge on any atom is -0.381 e. The van der Waals surface area contributed by atoms with E-state index in [1.807, 2.05) is 18.8 Å². The maximum Gasteiger partial charge on any atom is 0.191 e. The second-order valence-corrected chi connectivity index (χ2v) is 8.66. The lowest BCUT2D eigenvalue weighted by atomic mass is 9.99. The molecular formula is C21H37IN4OS. The maximum atomic E-state index is 5.52. The number of nitrogens with zero attached hydrogens (tertiary/aromatic N) is 2. The molecule has 1 fully saturated rings. The molecule has 0 aliphatic carbocycles. The zero-order valence-electron chi connectivity index (χ0n) is 17.7. The summed E-state index contributed by atoms with van der Waals surface area (Å²) in [7, 11) is 4.04. The van der Waals surface area contributed by atoms with Gasteiger partial charge in [-0.05, 0) is 45.1 Å². The van der Waals surface area contributed by atoms with Crippen molar-refractivity contribution in [2.75, 3.05) is 46.7 Å². The molecule has 0 bridgehead atoms. The first-order valence-corrected chi connectivity index (χ1v) is 11.1. The van der Waals surface area contributed by atoms with Gasteiger partial charge in [-0.25, -0.2) is 0 Å². The molecule has 1 aliphatic rings. The Bertz CT molecular complexity index is 567. The number of halogens is 1. The lowest BCUT2D eigenvalue weighted by molar-refractivity contribution is 0.0783. The molecule has 5 nitrogen and oxygen atoms in total. The van der Waals surface area contributed by atoms with Gasteiger partial charge in [0.2, 0.25) is 0 Å². The second-order valence-electron chi connectivity index (χ2n) is 7.39. The van der Waals surface area contributed by atoms with Crippen LogP contribution in [0.1, 0.15) is 31.7 Å². The maximum absolute atomic E-state index is 5.52. The molecule has 2 N–H and O–H groups in total. The van der Waals surface area contributed by atoms with Gasteiger partial charge in [0.15, 0.2) is 5.96 Å². The van der Waals surface area contributed by atoms with Crippen LogP contribution in [-0.2, 0) is 11.3 Å². The highest BCUT2D eigenvalue weighted by Gasteiger charge is 2.31. The third-order valence-electron chi connectivity index (χ3n) is 5.52. The number of guanidine groups is 1. The smallest absolute Gasteiger partial charge is 0.191 e. The molecule has 0 radical (unpaired) electrons. The van der Waals surface area contributed by atoms with Crippen molar-refractivity contribution in [2.24, 2.45) is 4.99 Å². The van der Waals surface area contributed by atoms with Crippen molar-refractivity contribution >= 4 is 41.7 Å². The van der Waals surface area contributed by atoms with Crippen LogP contribution in [0.2, 0.25) is 0 Å². The van der Waals surface area contributed by atoms with Crippen LogP contribution in [0.5, 0.6) is 0 Å². The highest BCUT2D eigenvalue weighted by molar-refractivity contribution is 14.0. The summed E-state index contributed by atoms with van der Waals surface area (Å²) in [6.45, 7) is 6.83. The third kappa shape index (κ3) is 8.47. The van der Waals surface area contributed by atoms with Crippen LogP contribution in [0.15, 0.2) is 35.3 Å². The molecule has 0 saturated carbocycles. The lowest BCUT2D eigenvalue weighted by Gasteiger charge is -2.36. The van der Waals surface area contributed by atoms with E-state index in [0.29, 0.717) is 6.04 Å².